The predicted molar refractivity (Wildman–Crippen MR) is 82.4 cm³/mol. The summed E-state index contributed by atoms with van der Waals surface area (Å²) >= 11 is 3.35. The van der Waals surface area contributed by atoms with E-state index in [1.54, 1.807) is 6.21 Å². The van der Waals surface area contributed by atoms with Crippen LogP contribution in [0.15, 0.2) is 58.0 Å². The van der Waals surface area contributed by atoms with E-state index in [9.17, 15) is 4.79 Å². The van der Waals surface area contributed by atoms with Crippen molar-refractivity contribution in [1.82, 2.24) is 0 Å². The summed E-state index contributed by atoms with van der Waals surface area (Å²) in [5.41, 5.74) is 2.78. The van der Waals surface area contributed by atoms with Gasteiger partial charge in [0.05, 0.1) is 5.69 Å². The van der Waals surface area contributed by atoms with Gasteiger partial charge < -0.3 is 0 Å². The quantitative estimate of drug-likeness (QED) is 0.592. The van der Waals surface area contributed by atoms with Gasteiger partial charge in [0.15, 0.2) is 5.78 Å². The Hall–Kier alpha value is -1.74. The van der Waals surface area contributed by atoms with Gasteiger partial charge in [0.25, 0.3) is 0 Å². The van der Waals surface area contributed by atoms with Gasteiger partial charge in [-0.15, -0.1) is 0 Å². The number of halogens is 1. The molecule has 0 aliphatic carbocycles. The van der Waals surface area contributed by atoms with Gasteiger partial charge in [-0.25, -0.2) is 0 Å². The predicted octanol–water partition coefficient (Wildman–Crippen LogP) is 4.73. The van der Waals surface area contributed by atoms with Crippen LogP contribution < -0.4 is 0 Å². The molecule has 96 valence electrons. The van der Waals surface area contributed by atoms with Crippen molar-refractivity contribution in [2.45, 2.75) is 13.3 Å². The summed E-state index contributed by atoms with van der Waals surface area (Å²) in [7, 11) is 0. The van der Waals surface area contributed by atoms with Crippen molar-refractivity contribution in [2.75, 3.05) is 0 Å². The highest BCUT2D eigenvalue weighted by Gasteiger charge is 2.03. The number of carbonyl (C=O) groups excluding carboxylic acids is 1. The minimum atomic E-state index is 0.0726. The molecule has 0 saturated heterocycles. The summed E-state index contributed by atoms with van der Waals surface area (Å²) in [6, 6.07) is 15.2. The molecule has 0 aromatic heterocycles. The number of hydrogen-bond donors (Lipinski definition) is 0. The summed E-state index contributed by atoms with van der Waals surface area (Å²) in [6.45, 7) is 2.03. The lowest BCUT2D eigenvalue weighted by molar-refractivity contribution is 0.100. The van der Waals surface area contributed by atoms with Crippen LogP contribution in [0.5, 0.6) is 0 Å². The van der Waals surface area contributed by atoms with E-state index in [2.05, 4.69) is 20.9 Å². The molecule has 2 aromatic carbocycles. The van der Waals surface area contributed by atoms with E-state index in [0.29, 0.717) is 12.0 Å². The second-order valence-corrected chi connectivity index (χ2v) is 5.20. The van der Waals surface area contributed by atoms with Crippen LogP contribution >= 0.6 is 15.9 Å². The van der Waals surface area contributed by atoms with Crippen LogP contribution in [0.1, 0.15) is 22.3 Å². The molecule has 0 bridgehead atoms. The zero-order valence-electron chi connectivity index (χ0n) is 10.6. The van der Waals surface area contributed by atoms with Crippen LogP contribution in [0.2, 0.25) is 0 Å². The largest absolute Gasteiger partial charge is 0.294 e. The topological polar surface area (TPSA) is 29.4 Å². The number of ketones is 1. The van der Waals surface area contributed by atoms with Crippen LogP contribution in [-0.2, 0) is 0 Å². The summed E-state index contributed by atoms with van der Waals surface area (Å²) in [5, 5.41) is 0. The molecule has 0 amide bonds. The van der Waals surface area contributed by atoms with Gasteiger partial charge in [0.2, 0.25) is 0 Å². The number of aryl methyl sites for hydroxylation is 1. The van der Waals surface area contributed by atoms with Crippen molar-refractivity contribution in [3.8, 4) is 0 Å². The molecule has 0 radical (unpaired) electrons. The minimum absolute atomic E-state index is 0.0726. The number of rotatable bonds is 4. The number of benzene rings is 2. The van der Waals surface area contributed by atoms with E-state index in [4.69, 9.17) is 0 Å². The van der Waals surface area contributed by atoms with Gasteiger partial charge in [0, 0.05) is 22.7 Å². The van der Waals surface area contributed by atoms with Crippen molar-refractivity contribution >= 4 is 33.6 Å². The van der Waals surface area contributed by atoms with Crippen molar-refractivity contribution in [3.63, 3.8) is 0 Å². The van der Waals surface area contributed by atoms with Crippen molar-refractivity contribution in [2.24, 2.45) is 4.99 Å². The Morgan fingerprint density at radius 1 is 1.11 bits per heavy atom. The van der Waals surface area contributed by atoms with Gasteiger partial charge in [-0.3, -0.25) is 9.79 Å². The number of carbonyl (C=O) groups is 1. The Morgan fingerprint density at radius 3 is 2.37 bits per heavy atom. The zero-order valence-corrected chi connectivity index (χ0v) is 12.2. The Balaban J connectivity index is 1.96. The SMILES string of the molecule is Cc1ccc(N=CCC(=O)c2ccc(Br)cc2)cc1. The lowest BCUT2D eigenvalue weighted by Gasteiger charge is -1.98. The molecule has 19 heavy (non-hydrogen) atoms. The van der Waals surface area contributed by atoms with Gasteiger partial charge in [-0.1, -0.05) is 45.8 Å². The second-order valence-electron chi connectivity index (χ2n) is 4.28. The fourth-order valence-electron chi connectivity index (χ4n) is 1.62. The van der Waals surface area contributed by atoms with Crippen molar-refractivity contribution in [3.05, 3.63) is 64.1 Å². The highest BCUT2D eigenvalue weighted by Crippen LogP contribution is 2.13. The Kier molecular flexibility index (Phi) is 4.63. The first-order chi connectivity index (χ1) is 9.15. The molecule has 0 heterocycles. The van der Waals surface area contributed by atoms with E-state index in [1.807, 2.05) is 55.5 Å². The van der Waals surface area contributed by atoms with Crippen molar-refractivity contribution < 1.29 is 4.79 Å². The molecule has 0 aliphatic heterocycles. The molecule has 0 saturated carbocycles. The summed E-state index contributed by atoms with van der Waals surface area (Å²) < 4.78 is 0.970. The molecular weight excluding hydrogens is 302 g/mol. The first kappa shape index (κ1) is 13.7. The summed E-state index contributed by atoms with van der Waals surface area (Å²) in [4.78, 5) is 16.2. The monoisotopic (exact) mass is 315 g/mol. The van der Waals surface area contributed by atoms with Gasteiger partial charge in [0.1, 0.15) is 0 Å². The first-order valence-corrected chi connectivity index (χ1v) is 6.82. The third-order valence-electron chi connectivity index (χ3n) is 2.72. The fourth-order valence-corrected chi connectivity index (χ4v) is 1.88. The van der Waals surface area contributed by atoms with E-state index in [1.165, 1.54) is 5.56 Å². The fraction of sp³-hybridized carbons (Fsp3) is 0.125. The second kappa shape index (κ2) is 6.43. The third-order valence-corrected chi connectivity index (χ3v) is 3.25. The zero-order chi connectivity index (χ0) is 13.7. The standard InChI is InChI=1S/C16H14BrNO/c1-12-2-8-15(9-3-12)18-11-10-16(19)13-4-6-14(17)7-5-13/h2-9,11H,10H2,1H3. The highest BCUT2D eigenvalue weighted by atomic mass is 79.9. The normalized spacial score (nSPS) is 10.8. The summed E-state index contributed by atoms with van der Waals surface area (Å²) in [6.07, 6.45) is 1.98. The lowest BCUT2D eigenvalue weighted by atomic mass is 10.1. The number of nitrogens with zero attached hydrogens (tertiary/aromatic N) is 1. The Morgan fingerprint density at radius 2 is 1.74 bits per heavy atom. The molecule has 0 unspecified atom stereocenters. The van der Waals surface area contributed by atoms with E-state index < -0.39 is 0 Å². The van der Waals surface area contributed by atoms with E-state index in [0.717, 1.165) is 10.2 Å². The molecule has 3 heteroatoms. The Labute approximate surface area is 121 Å². The number of aliphatic imine (C=N–C) groups is 1. The van der Waals surface area contributed by atoms with Crippen LogP contribution in [0.3, 0.4) is 0 Å². The van der Waals surface area contributed by atoms with Crippen LogP contribution in [0, 0.1) is 6.92 Å². The maximum atomic E-state index is 11.9. The van der Waals surface area contributed by atoms with Crippen LogP contribution in [0.25, 0.3) is 0 Å². The molecule has 2 rings (SSSR count). The number of Topliss-reactive ketones (excluding diaryl/α,β-unsaturated/α-hetero) is 1. The van der Waals surface area contributed by atoms with Gasteiger partial charge >= 0.3 is 0 Å². The molecule has 0 fully saturated rings. The molecule has 0 spiro atoms. The molecule has 0 aliphatic rings. The summed E-state index contributed by atoms with van der Waals surface area (Å²) in [5.74, 6) is 0.0726. The number of hydrogen-bond acceptors (Lipinski definition) is 2. The molecule has 0 atom stereocenters. The molecule has 0 N–H and O–H groups in total. The maximum absolute atomic E-state index is 11.9. The molecule has 2 nitrogen and oxygen atoms in total. The molecular formula is C16H14BrNO. The Bertz CT molecular complexity index is 585. The van der Waals surface area contributed by atoms with Gasteiger partial charge in [-0.2, -0.15) is 0 Å². The first-order valence-electron chi connectivity index (χ1n) is 6.03. The molecule has 2 aromatic rings. The van der Waals surface area contributed by atoms with Crippen LogP contribution in [0.4, 0.5) is 5.69 Å². The average molecular weight is 316 g/mol. The third kappa shape index (κ3) is 4.14. The smallest absolute Gasteiger partial charge is 0.168 e. The maximum Gasteiger partial charge on any atom is 0.168 e. The minimum Gasteiger partial charge on any atom is -0.294 e. The van der Waals surface area contributed by atoms with E-state index >= 15 is 0 Å². The average Bonchev–Trinajstić information content (AvgIpc) is 2.41. The lowest BCUT2D eigenvalue weighted by Crippen LogP contribution is -1.98. The highest BCUT2D eigenvalue weighted by molar-refractivity contribution is 9.10. The van der Waals surface area contributed by atoms with E-state index in [-0.39, 0.29) is 5.78 Å². The van der Waals surface area contributed by atoms with Crippen molar-refractivity contribution in [1.29, 1.82) is 0 Å². The van der Waals surface area contributed by atoms with Crippen LogP contribution in [-0.4, -0.2) is 12.0 Å². The van der Waals surface area contributed by atoms with Gasteiger partial charge in [-0.05, 0) is 31.2 Å².